The fourth-order valence-corrected chi connectivity index (χ4v) is 2.00. The lowest BCUT2D eigenvalue weighted by Crippen LogP contribution is -2.39. The number of nitrogens with zero attached hydrogens (tertiary/aromatic N) is 3. The van der Waals surface area contributed by atoms with Crippen LogP contribution in [0.1, 0.15) is 30.8 Å². The van der Waals surface area contributed by atoms with Crippen molar-refractivity contribution in [2.45, 2.75) is 26.3 Å². The molecule has 2 unspecified atom stereocenters. The number of hydrogen-bond acceptors (Lipinski definition) is 2. The first-order chi connectivity index (χ1) is 7.12. The predicted molar refractivity (Wildman–Crippen MR) is 61.5 cm³/mol. The first kappa shape index (κ1) is 10.3. The second-order valence-electron chi connectivity index (χ2n) is 4.40. The number of aromatic nitrogens is 1. The molecule has 0 fully saturated rings. The highest BCUT2D eigenvalue weighted by Gasteiger charge is 2.33. The Morgan fingerprint density at radius 1 is 1.40 bits per heavy atom. The molecular formula is C12H18N3+. The van der Waals surface area contributed by atoms with E-state index < -0.39 is 0 Å². The average molecular weight is 204 g/mol. The van der Waals surface area contributed by atoms with Crippen molar-refractivity contribution in [1.29, 1.82) is 0 Å². The van der Waals surface area contributed by atoms with E-state index in [0.29, 0.717) is 6.04 Å². The smallest absolute Gasteiger partial charge is 0.153 e. The third-order valence-electron chi connectivity index (χ3n) is 3.23. The van der Waals surface area contributed by atoms with Gasteiger partial charge in [0.25, 0.3) is 0 Å². The molecule has 3 heteroatoms. The van der Waals surface area contributed by atoms with E-state index in [2.05, 4.69) is 36.2 Å². The predicted octanol–water partition coefficient (Wildman–Crippen LogP) is 2.29. The van der Waals surface area contributed by atoms with E-state index in [1.165, 1.54) is 0 Å². The molecule has 0 N–H and O–H groups in total. The quantitative estimate of drug-likeness (QED) is 0.678. The van der Waals surface area contributed by atoms with Crippen LogP contribution < -0.4 is 0 Å². The van der Waals surface area contributed by atoms with Crippen LogP contribution in [0.4, 0.5) is 0 Å². The zero-order valence-corrected chi connectivity index (χ0v) is 9.64. The Labute approximate surface area is 91.0 Å². The normalized spacial score (nSPS) is 26.9. The molecule has 1 aliphatic heterocycles. The molecule has 0 saturated heterocycles. The molecule has 2 heterocycles. The van der Waals surface area contributed by atoms with Crippen LogP contribution in [0.15, 0.2) is 23.3 Å². The Morgan fingerprint density at radius 3 is 2.80 bits per heavy atom. The summed E-state index contributed by atoms with van der Waals surface area (Å²) >= 11 is 0. The van der Waals surface area contributed by atoms with Gasteiger partial charge in [0, 0.05) is 12.1 Å². The lowest BCUT2D eigenvalue weighted by Gasteiger charge is -2.30. The molecule has 1 aromatic heterocycles. The van der Waals surface area contributed by atoms with Gasteiger partial charge >= 0.3 is 0 Å². The van der Waals surface area contributed by atoms with Crippen LogP contribution in [0.2, 0.25) is 0 Å². The van der Waals surface area contributed by atoms with Gasteiger partial charge in [0.05, 0.1) is 13.3 Å². The van der Waals surface area contributed by atoms with E-state index in [1.807, 2.05) is 19.2 Å². The fraction of sp³-hybridized carbons (Fsp3) is 0.500. The summed E-state index contributed by atoms with van der Waals surface area (Å²) in [6, 6.07) is 6.53. The molecule has 0 bridgehead atoms. The van der Waals surface area contributed by atoms with E-state index in [0.717, 1.165) is 28.9 Å². The van der Waals surface area contributed by atoms with Crippen molar-refractivity contribution in [3.63, 3.8) is 0 Å². The molecule has 0 aliphatic carbocycles. The van der Waals surface area contributed by atoms with Gasteiger partial charge in [-0.2, -0.15) is 4.59 Å². The third kappa shape index (κ3) is 1.92. The van der Waals surface area contributed by atoms with Crippen LogP contribution in [0.3, 0.4) is 0 Å². The van der Waals surface area contributed by atoms with Gasteiger partial charge in [0.2, 0.25) is 0 Å². The van der Waals surface area contributed by atoms with Gasteiger partial charge < -0.3 is 0 Å². The first-order valence-corrected chi connectivity index (χ1v) is 5.45. The van der Waals surface area contributed by atoms with Crippen LogP contribution >= 0.6 is 0 Å². The van der Waals surface area contributed by atoms with Crippen LogP contribution in [0.5, 0.6) is 0 Å². The maximum Gasteiger partial charge on any atom is 0.153 e. The molecule has 0 saturated carbocycles. The fourth-order valence-electron chi connectivity index (χ4n) is 2.00. The maximum atomic E-state index is 4.57. The van der Waals surface area contributed by atoms with Crippen LogP contribution in [-0.4, -0.2) is 29.4 Å². The summed E-state index contributed by atoms with van der Waals surface area (Å²) in [6.45, 7) is 5.31. The Morgan fingerprint density at radius 2 is 2.20 bits per heavy atom. The topological polar surface area (TPSA) is 25.2 Å². The molecule has 2 rings (SSSR count). The van der Waals surface area contributed by atoms with Gasteiger partial charge in [-0.25, -0.2) is 0 Å². The molecule has 15 heavy (non-hydrogen) atoms. The number of pyridine rings is 1. The molecule has 80 valence electrons. The van der Waals surface area contributed by atoms with Gasteiger partial charge in [-0.05, 0) is 26.0 Å². The van der Waals surface area contributed by atoms with Crippen molar-refractivity contribution in [3.05, 3.63) is 29.6 Å². The summed E-state index contributed by atoms with van der Waals surface area (Å²) < 4.78 is 0.733. The molecule has 3 nitrogen and oxygen atoms in total. The first-order valence-electron chi connectivity index (χ1n) is 5.45. The van der Waals surface area contributed by atoms with Gasteiger partial charge in [-0.15, -0.1) is 0 Å². The summed E-state index contributed by atoms with van der Waals surface area (Å²) in [6.07, 6.45) is 3.10. The van der Waals surface area contributed by atoms with Gasteiger partial charge in [-0.1, -0.05) is 11.2 Å². The Hall–Kier alpha value is -1.22. The van der Waals surface area contributed by atoms with E-state index in [1.54, 1.807) is 0 Å². The van der Waals surface area contributed by atoms with E-state index >= 15 is 0 Å². The Bertz CT molecular complexity index is 386. The van der Waals surface area contributed by atoms with Crippen LogP contribution in [-0.2, 0) is 0 Å². The highest BCUT2D eigenvalue weighted by Crippen LogP contribution is 2.28. The third-order valence-corrected chi connectivity index (χ3v) is 3.23. The average Bonchev–Trinajstić information content (AvgIpc) is 2.65. The zero-order chi connectivity index (χ0) is 10.9. The molecule has 1 aliphatic rings. The minimum absolute atomic E-state index is 0.337. The van der Waals surface area contributed by atoms with Crippen molar-refractivity contribution in [3.8, 4) is 0 Å². The second kappa shape index (κ2) is 3.74. The maximum absolute atomic E-state index is 4.57. The molecule has 0 spiro atoms. The van der Waals surface area contributed by atoms with Crippen molar-refractivity contribution in [1.82, 2.24) is 4.98 Å². The van der Waals surface area contributed by atoms with Crippen LogP contribution in [0.25, 0.3) is 0 Å². The summed E-state index contributed by atoms with van der Waals surface area (Å²) in [7, 11) is 2.16. The second-order valence-corrected chi connectivity index (χ2v) is 4.40. The number of hydrogen-bond donors (Lipinski definition) is 0. The summed E-state index contributed by atoms with van der Waals surface area (Å²) in [5, 5.41) is 4.55. The largest absolute Gasteiger partial charge is 0.252 e. The molecule has 0 aromatic carbocycles. The molecule has 0 amide bonds. The Kier molecular flexibility index (Phi) is 2.57. The molecular weight excluding hydrogens is 186 g/mol. The zero-order valence-electron chi connectivity index (χ0n) is 9.64. The van der Waals surface area contributed by atoms with Crippen molar-refractivity contribution in [2.24, 2.45) is 5.10 Å². The van der Waals surface area contributed by atoms with Crippen molar-refractivity contribution < 1.29 is 4.59 Å². The minimum atomic E-state index is 0.337. The van der Waals surface area contributed by atoms with Gasteiger partial charge in [0.1, 0.15) is 12.2 Å². The SMILES string of the molecule is Cc1cccc(C(C)[N+]2(C)CCC=N2)n1. The van der Waals surface area contributed by atoms with Gasteiger partial charge in [-0.3, -0.25) is 4.98 Å². The summed E-state index contributed by atoms with van der Waals surface area (Å²) in [5.74, 6) is 0. The number of rotatable bonds is 2. The van der Waals surface area contributed by atoms with Crippen molar-refractivity contribution in [2.75, 3.05) is 13.6 Å². The molecule has 1 aromatic rings. The van der Waals surface area contributed by atoms with E-state index in [9.17, 15) is 0 Å². The Balaban J connectivity index is 2.27. The lowest BCUT2D eigenvalue weighted by atomic mass is 10.1. The number of aryl methyl sites for hydroxylation is 1. The van der Waals surface area contributed by atoms with Crippen LogP contribution in [0, 0.1) is 6.92 Å². The monoisotopic (exact) mass is 204 g/mol. The molecule has 0 radical (unpaired) electrons. The standard InChI is InChI=1S/C12H18N3/c1-10-6-4-7-12(14-10)11(2)15(3)9-5-8-13-15/h4,6-8,11H,5,9H2,1-3H3/q+1. The highest BCUT2D eigenvalue weighted by molar-refractivity contribution is 5.57. The highest BCUT2D eigenvalue weighted by atomic mass is 15.6. The lowest BCUT2D eigenvalue weighted by molar-refractivity contribution is -0.938. The van der Waals surface area contributed by atoms with Gasteiger partial charge in [0.15, 0.2) is 6.04 Å². The number of quaternary nitrogens is 1. The summed E-state index contributed by atoms with van der Waals surface area (Å²) in [4.78, 5) is 4.57. The van der Waals surface area contributed by atoms with E-state index in [4.69, 9.17) is 0 Å². The van der Waals surface area contributed by atoms with Crippen molar-refractivity contribution >= 4 is 6.21 Å². The minimum Gasteiger partial charge on any atom is -0.252 e. The molecule has 2 atom stereocenters. The van der Waals surface area contributed by atoms with E-state index in [-0.39, 0.29) is 0 Å². The summed E-state index contributed by atoms with van der Waals surface area (Å²) in [5.41, 5.74) is 2.21.